The van der Waals surface area contributed by atoms with Crippen LogP contribution in [0.2, 0.25) is 0 Å². The summed E-state index contributed by atoms with van der Waals surface area (Å²) in [5, 5.41) is 3.21. The van der Waals surface area contributed by atoms with E-state index in [1.165, 1.54) is 6.42 Å². The Bertz CT molecular complexity index is 1050. The van der Waals surface area contributed by atoms with Crippen molar-refractivity contribution in [1.82, 2.24) is 15.3 Å². The molecular weight excluding hydrogens is 400 g/mol. The third-order valence-corrected chi connectivity index (χ3v) is 5.86. The molecule has 1 atom stereocenters. The summed E-state index contributed by atoms with van der Waals surface area (Å²) in [5.74, 6) is -0.509. The summed E-state index contributed by atoms with van der Waals surface area (Å²) >= 11 is 0. The molecule has 0 saturated heterocycles. The van der Waals surface area contributed by atoms with Gasteiger partial charge in [-0.3, -0.25) is 24.5 Å². The zero-order valence-electron chi connectivity index (χ0n) is 18.3. The lowest BCUT2D eigenvalue weighted by Crippen LogP contribution is -2.47. The van der Waals surface area contributed by atoms with Crippen LogP contribution in [0, 0.1) is 6.92 Å². The van der Waals surface area contributed by atoms with Crippen molar-refractivity contribution in [3.05, 3.63) is 90.0 Å². The van der Waals surface area contributed by atoms with Gasteiger partial charge in [0.2, 0.25) is 5.91 Å². The van der Waals surface area contributed by atoms with Crippen LogP contribution in [0.5, 0.6) is 0 Å². The van der Waals surface area contributed by atoms with E-state index < -0.39 is 6.04 Å². The lowest BCUT2D eigenvalue weighted by atomic mass is 9.94. The molecule has 2 amide bonds. The van der Waals surface area contributed by atoms with E-state index >= 15 is 0 Å². The van der Waals surface area contributed by atoms with Crippen LogP contribution in [0.4, 0.5) is 5.69 Å². The largest absolute Gasteiger partial charge is 0.351 e. The number of aromatic nitrogens is 2. The predicted octanol–water partition coefficient (Wildman–Crippen LogP) is 4.62. The van der Waals surface area contributed by atoms with Crippen molar-refractivity contribution >= 4 is 17.5 Å². The summed E-state index contributed by atoms with van der Waals surface area (Å²) in [4.78, 5) is 37.4. The second-order valence-electron chi connectivity index (χ2n) is 8.26. The third-order valence-electron chi connectivity index (χ3n) is 5.86. The molecule has 0 radical (unpaired) electrons. The molecule has 1 aliphatic carbocycles. The number of carbonyl (C=O) groups is 2. The molecule has 0 bridgehead atoms. The van der Waals surface area contributed by atoms with Crippen LogP contribution in [0.25, 0.3) is 0 Å². The lowest BCUT2D eigenvalue weighted by molar-refractivity contribution is -0.123. The molecule has 1 aromatic carbocycles. The van der Waals surface area contributed by atoms with Gasteiger partial charge in [-0.05, 0) is 67.3 Å². The van der Waals surface area contributed by atoms with E-state index in [-0.39, 0.29) is 17.9 Å². The van der Waals surface area contributed by atoms with Gasteiger partial charge in [-0.1, -0.05) is 37.5 Å². The molecule has 6 nitrogen and oxygen atoms in total. The lowest BCUT2D eigenvalue weighted by Gasteiger charge is -2.33. The molecule has 1 fully saturated rings. The van der Waals surface area contributed by atoms with Crippen LogP contribution < -0.4 is 10.2 Å². The van der Waals surface area contributed by atoms with Gasteiger partial charge in [0.1, 0.15) is 11.7 Å². The highest BCUT2D eigenvalue weighted by Gasteiger charge is 2.35. The van der Waals surface area contributed by atoms with E-state index in [1.54, 1.807) is 53.8 Å². The van der Waals surface area contributed by atoms with E-state index in [0.717, 1.165) is 31.2 Å². The number of aryl methyl sites for hydroxylation is 1. The third kappa shape index (κ3) is 5.02. The van der Waals surface area contributed by atoms with Gasteiger partial charge in [-0.2, -0.15) is 0 Å². The van der Waals surface area contributed by atoms with E-state index in [9.17, 15) is 9.59 Å². The highest BCUT2D eigenvalue weighted by atomic mass is 16.2. The normalized spacial score (nSPS) is 15.0. The van der Waals surface area contributed by atoms with Crippen LogP contribution in [0.3, 0.4) is 0 Å². The zero-order valence-corrected chi connectivity index (χ0v) is 18.3. The number of hydrogen-bond acceptors (Lipinski definition) is 4. The Morgan fingerprint density at radius 1 is 0.969 bits per heavy atom. The number of anilines is 1. The average molecular weight is 429 g/mol. The number of benzene rings is 1. The first-order valence-corrected chi connectivity index (χ1v) is 11.1. The van der Waals surface area contributed by atoms with Crippen LogP contribution in [-0.4, -0.2) is 27.8 Å². The summed E-state index contributed by atoms with van der Waals surface area (Å²) in [6.45, 7) is 1.97. The van der Waals surface area contributed by atoms with Gasteiger partial charge in [-0.15, -0.1) is 0 Å². The Kier molecular flexibility index (Phi) is 6.90. The van der Waals surface area contributed by atoms with Crippen molar-refractivity contribution in [2.75, 3.05) is 4.90 Å². The van der Waals surface area contributed by atoms with E-state index in [4.69, 9.17) is 0 Å². The van der Waals surface area contributed by atoms with Crippen molar-refractivity contribution in [3.8, 4) is 0 Å². The summed E-state index contributed by atoms with van der Waals surface area (Å²) in [6.07, 6.45) is 10.2. The highest BCUT2D eigenvalue weighted by Crippen LogP contribution is 2.30. The fourth-order valence-electron chi connectivity index (χ4n) is 4.26. The summed E-state index contributed by atoms with van der Waals surface area (Å²) < 4.78 is 0. The Morgan fingerprint density at radius 3 is 2.44 bits per heavy atom. The van der Waals surface area contributed by atoms with E-state index in [0.29, 0.717) is 16.9 Å². The van der Waals surface area contributed by atoms with Gasteiger partial charge in [-0.25, -0.2) is 0 Å². The monoisotopic (exact) mass is 428 g/mol. The molecule has 1 unspecified atom stereocenters. The predicted molar refractivity (Wildman–Crippen MR) is 124 cm³/mol. The van der Waals surface area contributed by atoms with Crippen LogP contribution in [0.15, 0.2) is 73.2 Å². The number of hydrogen-bond donors (Lipinski definition) is 1. The van der Waals surface area contributed by atoms with Crippen molar-refractivity contribution in [2.45, 2.75) is 51.1 Å². The fourth-order valence-corrected chi connectivity index (χ4v) is 4.26. The second kappa shape index (κ2) is 10.2. The molecule has 4 rings (SSSR count). The number of carbonyl (C=O) groups excluding carboxylic acids is 2. The Hall–Kier alpha value is -3.54. The number of amides is 2. The SMILES string of the molecule is Cc1cccc(N(C(=O)c2ccccn2)C(C(=O)NC2CCCCC2)c2ccncc2)c1. The van der Waals surface area contributed by atoms with Gasteiger partial charge < -0.3 is 5.32 Å². The van der Waals surface area contributed by atoms with Gasteiger partial charge in [0.05, 0.1) is 0 Å². The summed E-state index contributed by atoms with van der Waals surface area (Å²) in [7, 11) is 0. The Balaban J connectivity index is 1.78. The van der Waals surface area contributed by atoms with Crippen molar-refractivity contribution in [1.29, 1.82) is 0 Å². The minimum absolute atomic E-state index is 0.130. The summed E-state index contributed by atoms with van der Waals surface area (Å²) in [6, 6.07) is 15.7. The minimum Gasteiger partial charge on any atom is -0.351 e. The van der Waals surface area contributed by atoms with Gasteiger partial charge >= 0.3 is 0 Å². The molecule has 0 aliphatic heterocycles. The maximum absolute atomic E-state index is 13.7. The quantitative estimate of drug-likeness (QED) is 0.622. The standard InChI is InChI=1S/C26H28N4O2/c1-19-8-7-11-22(18-19)30(26(32)23-12-5-6-15-28-23)24(20-13-16-27-17-14-20)25(31)29-21-9-3-2-4-10-21/h5-8,11-18,21,24H,2-4,9-10H2,1H3,(H,29,31). The first kappa shape index (κ1) is 21.7. The molecule has 3 aromatic rings. The van der Waals surface area contributed by atoms with Crippen molar-refractivity contribution < 1.29 is 9.59 Å². The molecule has 2 heterocycles. The van der Waals surface area contributed by atoms with Gasteiger partial charge in [0.25, 0.3) is 5.91 Å². The molecule has 6 heteroatoms. The topological polar surface area (TPSA) is 75.2 Å². The van der Waals surface area contributed by atoms with Gasteiger partial charge in [0, 0.05) is 30.3 Å². The first-order valence-electron chi connectivity index (χ1n) is 11.1. The van der Waals surface area contributed by atoms with Gasteiger partial charge in [0.15, 0.2) is 0 Å². The maximum Gasteiger partial charge on any atom is 0.277 e. The molecule has 1 N–H and O–H groups in total. The van der Waals surface area contributed by atoms with Crippen molar-refractivity contribution in [3.63, 3.8) is 0 Å². The smallest absolute Gasteiger partial charge is 0.277 e. The molecular formula is C26H28N4O2. The summed E-state index contributed by atoms with van der Waals surface area (Å²) in [5.41, 5.74) is 2.65. The number of pyridine rings is 2. The Labute approximate surface area is 188 Å². The molecule has 2 aromatic heterocycles. The van der Waals surface area contributed by atoms with Crippen LogP contribution in [0.1, 0.15) is 59.8 Å². The molecule has 32 heavy (non-hydrogen) atoms. The fraction of sp³-hybridized carbons (Fsp3) is 0.308. The molecule has 1 aliphatic rings. The van der Waals surface area contributed by atoms with E-state index in [2.05, 4.69) is 15.3 Å². The molecule has 164 valence electrons. The van der Waals surface area contributed by atoms with Crippen LogP contribution >= 0.6 is 0 Å². The Morgan fingerprint density at radius 2 is 1.75 bits per heavy atom. The maximum atomic E-state index is 13.7. The zero-order chi connectivity index (χ0) is 22.3. The number of rotatable bonds is 6. The molecule has 0 spiro atoms. The van der Waals surface area contributed by atoms with E-state index in [1.807, 2.05) is 31.2 Å². The van der Waals surface area contributed by atoms with Crippen LogP contribution in [-0.2, 0) is 4.79 Å². The average Bonchev–Trinajstić information content (AvgIpc) is 2.83. The first-order chi connectivity index (χ1) is 15.6. The van der Waals surface area contributed by atoms with Crippen molar-refractivity contribution in [2.24, 2.45) is 0 Å². The number of nitrogens with one attached hydrogen (secondary N) is 1. The minimum atomic E-state index is -0.837. The molecule has 1 saturated carbocycles. The highest BCUT2D eigenvalue weighted by molar-refractivity contribution is 6.09. The number of nitrogens with zero attached hydrogens (tertiary/aromatic N) is 3. The second-order valence-corrected chi connectivity index (χ2v) is 8.26.